The Balaban J connectivity index is 1.53. The Bertz CT molecular complexity index is 819. The summed E-state index contributed by atoms with van der Waals surface area (Å²) in [6.45, 7) is 18.1. The molecule has 5 aliphatic carbocycles. The van der Waals surface area contributed by atoms with Crippen LogP contribution in [0.15, 0.2) is 12.2 Å². The van der Waals surface area contributed by atoms with Crippen molar-refractivity contribution in [3.63, 3.8) is 0 Å². The standard InChI is InChI=1S/C31H52O3/c1-20(18-34-7)21-10-15-31(19-32)17-16-29(5)22(26(21)31)8-9-24-28(4)13-12-25(33)27(2,3)23(28)11-14-30(24,29)6/h21-26,32-33H,1,8-19H2,2-7H3/t21-,22+,23-,24+,25-,26+,28-,29+,30+,31+/m0/s1. The lowest BCUT2D eigenvalue weighted by atomic mass is 9.32. The monoisotopic (exact) mass is 472 g/mol. The van der Waals surface area contributed by atoms with Gasteiger partial charge in [0, 0.05) is 13.7 Å². The van der Waals surface area contributed by atoms with Gasteiger partial charge in [0.15, 0.2) is 0 Å². The molecule has 3 nitrogen and oxygen atoms in total. The van der Waals surface area contributed by atoms with Crippen molar-refractivity contribution in [2.24, 2.45) is 56.7 Å². The lowest BCUT2D eigenvalue weighted by molar-refractivity contribution is -0.249. The first-order chi connectivity index (χ1) is 15.9. The van der Waals surface area contributed by atoms with Crippen LogP contribution in [-0.4, -0.2) is 36.6 Å². The van der Waals surface area contributed by atoms with Crippen LogP contribution in [0.25, 0.3) is 0 Å². The third-order valence-corrected chi connectivity index (χ3v) is 13.8. The Morgan fingerprint density at radius 1 is 0.853 bits per heavy atom. The molecule has 5 aliphatic rings. The normalized spacial score (nSPS) is 53.9. The van der Waals surface area contributed by atoms with Gasteiger partial charge in [-0.05, 0) is 126 Å². The van der Waals surface area contributed by atoms with Crippen molar-refractivity contribution in [2.45, 2.75) is 105 Å². The topological polar surface area (TPSA) is 49.7 Å². The number of aliphatic hydroxyl groups is 2. The number of aliphatic hydroxyl groups excluding tert-OH is 2. The predicted molar refractivity (Wildman–Crippen MR) is 138 cm³/mol. The zero-order valence-electron chi connectivity index (χ0n) is 23.0. The van der Waals surface area contributed by atoms with Crippen molar-refractivity contribution in [2.75, 3.05) is 20.3 Å². The molecule has 34 heavy (non-hydrogen) atoms. The number of rotatable bonds is 4. The second-order valence-electron chi connectivity index (χ2n) is 14.8. The van der Waals surface area contributed by atoms with Gasteiger partial charge in [0.2, 0.25) is 0 Å². The number of hydrogen-bond donors (Lipinski definition) is 2. The molecule has 0 saturated heterocycles. The van der Waals surface area contributed by atoms with E-state index in [9.17, 15) is 10.2 Å². The summed E-state index contributed by atoms with van der Waals surface area (Å²) in [5.74, 6) is 3.05. The molecular formula is C31H52O3. The van der Waals surface area contributed by atoms with Gasteiger partial charge in [0.25, 0.3) is 0 Å². The number of hydrogen-bond acceptors (Lipinski definition) is 3. The second kappa shape index (κ2) is 8.06. The van der Waals surface area contributed by atoms with Crippen molar-refractivity contribution >= 4 is 0 Å². The van der Waals surface area contributed by atoms with Crippen LogP contribution < -0.4 is 0 Å². The molecule has 0 aromatic rings. The van der Waals surface area contributed by atoms with Gasteiger partial charge in [-0.1, -0.05) is 41.2 Å². The van der Waals surface area contributed by atoms with E-state index in [4.69, 9.17) is 4.74 Å². The maximum absolute atomic E-state index is 10.9. The highest BCUT2D eigenvalue weighted by Crippen LogP contribution is 2.77. The highest BCUT2D eigenvalue weighted by molar-refractivity contribution is 5.22. The molecular weight excluding hydrogens is 420 g/mol. The third-order valence-electron chi connectivity index (χ3n) is 13.8. The number of ether oxygens (including phenoxy) is 1. The van der Waals surface area contributed by atoms with E-state index in [-0.39, 0.29) is 16.9 Å². The molecule has 0 heterocycles. The maximum atomic E-state index is 10.9. The van der Waals surface area contributed by atoms with Crippen LogP contribution in [0.2, 0.25) is 0 Å². The van der Waals surface area contributed by atoms with Gasteiger partial charge in [-0.25, -0.2) is 0 Å². The first kappa shape index (κ1) is 25.3. The first-order valence-electron chi connectivity index (χ1n) is 14.4. The van der Waals surface area contributed by atoms with E-state index < -0.39 is 0 Å². The average Bonchev–Trinajstić information content (AvgIpc) is 3.18. The fourth-order valence-corrected chi connectivity index (χ4v) is 11.7. The van der Waals surface area contributed by atoms with Gasteiger partial charge in [0.05, 0.1) is 12.7 Å². The molecule has 0 spiro atoms. The summed E-state index contributed by atoms with van der Waals surface area (Å²) in [5.41, 5.74) is 2.33. The fraction of sp³-hybridized carbons (Fsp3) is 0.935. The van der Waals surface area contributed by atoms with Gasteiger partial charge in [-0.3, -0.25) is 0 Å². The summed E-state index contributed by atoms with van der Waals surface area (Å²) in [6, 6.07) is 0. The summed E-state index contributed by atoms with van der Waals surface area (Å²) in [5, 5.41) is 21.7. The molecule has 2 N–H and O–H groups in total. The Kier molecular flexibility index (Phi) is 5.99. The SMILES string of the molecule is C=C(COC)[C@@H]1CC[C@]2(CO)CC[C@]3(C)[C@H](CC[C@@H]4[C@@]5(C)CC[C@H](O)C(C)(C)[C@@H]5CC[C@]43C)[C@@H]12. The van der Waals surface area contributed by atoms with Gasteiger partial charge in [-0.2, -0.15) is 0 Å². The lowest BCUT2D eigenvalue weighted by Crippen LogP contribution is -2.66. The van der Waals surface area contributed by atoms with Crippen molar-refractivity contribution in [1.82, 2.24) is 0 Å². The minimum Gasteiger partial charge on any atom is -0.396 e. The molecule has 0 aromatic carbocycles. The number of methoxy groups -OCH3 is 1. The Morgan fingerprint density at radius 3 is 2.26 bits per heavy atom. The van der Waals surface area contributed by atoms with Crippen LogP contribution in [-0.2, 0) is 4.74 Å². The van der Waals surface area contributed by atoms with Crippen molar-refractivity contribution in [1.29, 1.82) is 0 Å². The van der Waals surface area contributed by atoms with Crippen LogP contribution in [0.4, 0.5) is 0 Å². The molecule has 0 unspecified atom stereocenters. The average molecular weight is 473 g/mol. The van der Waals surface area contributed by atoms with Crippen LogP contribution in [0.5, 0.6) is 0 Å². The molecule has 194 valence electrons. The zero-order chi connectivity index (χ0) is 24.7. The minimum absolute atomic E-state index is 0.0130. The van der Waals surface area contributed by atoms with Gasteiger partial charge >= 0.3 is 0 Å². The minimum atomic E-state index is -0.159. The van der Waals surface area contributed by atoms with Crippen LogP contribution in [0, 0.1) is 56.7 Å². The highest BCUT2D eigenvalue weighted by atomic mass is 16.5. The molecule has 3 heteroatoms. The Morgan fingerprint density at radius 2 is 1.59 bits per heavy atom. The summed E-state index contributed by atoms with van der Waals surface area (Å²) >= 11 is 0. The lowest BCUT2D eigenvalue weighted by Gasteiger charge is -2.73. The summed E-state index contributed by atoms with van der Waals surface area (Å²) in [7, 11) is 1.79. The molecule has 5 rings (SSSR count). The molecule has 0 bridgehead atoms. The van der Waals surface area contributed by atoms with Crippen LogP contribution in [0.3, 0.4) is 0 Å². The predicted octanol–water partition coefficient (Wildman–Crippen LogP) is 6.62. The molecule has 10 atom stereocenters. The van der Waals surface area contributed by atoms with Crippen molar-refractivity contribution in [3.8, 4) is 0 Å². The van der Waals surface area contributed by atoms with E-state index in [0.717, 1.165) is 18.8 Å². The number of fused-ring (bicyclic) bond motifs is 7. The zero-order valence-corrected chi connectivity index (χ0v) is 23.0. The molecule has 0 aliphatic heterocycles. The van der Waals surface area contributed by atoms with Gasteiger partial charge < -0.3 is 14.9 Å². The van der Waals surface area contributed by atoms with E-state index in [2.05, 4.69) is 41.2 Å². The largest absolute Gasteiger partial charge is 0.396 e. The summed E-state index contributed by atoms with van der Waals surface area (Å²) in [6.07, 6.45) is 11.9. The van der Waals surface area contributed by atoms with Crippen molar-refractivity contribution in [3.05, 3.63) is 12.2 Å². The molecule has 0 amide bonds. The highest BCUT2D eigenvalue weighted by Gasteiger charge is 2.70. The van der Waals surface area contributed by atoms with Crippen molar-refractivity contribution < 1.29 is 14.9 Å². The van der Waals surface area contributed by atoms with E-state index >= 15 is 0 Å². The summed E-state index contributed by atoms with van der Waals surface area (Å²) in [4.78, 5) is 0. The van der Waals surface area contributed by atoms with Crippen LogP contribution >= 0.6 is 0 Å². The van der Waals surface area contributed by atoms with Gasteiger partial charge in [0.1, 0.15) is 0 Å². The fourth-order valence-electron chi connectivity index (χ4n) is 11.7. The molecule has 5 fully saturated rings. The van der Waals surface area contributed by atoms with Crippen LogP contribution in [0.1, 0.15) is 98.8 Å². The van der Waals surface area contributed by atoms with E-state index in [1.165, 1.54) is 56.9 Å². The Labute approximate surface area is 209 Å². The Hall–Kier alpha value is -0.380. The third kappa shape index (κ3) is 3.05. The first-order valence-corrected chi connectivity index (χ1v) is 14.4. The quantitative estimate of drug-likeness (QED) is 0.452. The van der Waals surface area contributed by atoms with Gasteiger partial charge in [-0.15, -0.1) is 0 Å². The molecule has 0 radical (unpaired) electrons. The molecule has 0 aromatic heterocycles. The van der Waals surface area contributed by atoms with E-state index in [1.54, 1.807) is 7.11 Å². The molecule has 5 saturated carbocycles. The smallest absolute Gasteiger partial charge is 0.0673 e. The maximum Gasteiger partial charge on any atom is 0.0673 e. The van der Waals surface area contributed by atoms with E-state index in [1.807, 2.05) is 0 Å². The summed E-state index contributed by atoms with van der Waals surface area (Å²) < 4.78 is 5.55. The van der Waals surface area contributed by atoms with E-state index in [0.29, 0.717) is 53.1 Å². The second-order valence-corrected chi connectivity index (χ2v) is 14.8.